The van der Waals surface area contributed by atoms with Crippen molar-refractivity contribution in [3.63, 3.8) is 0 Å². The molecule has 2 aromatic rings. The lowest BCUT2D eigenvalue weighted by molar-refractivity contribution is 0.172. The van der Waals surface area contributed by atoms with Gasteiger partial charge in [-0.3, -0.25) is 0 Å². The van der Waals surface area contributed by atoms with Crippen molar-refractivity contribution in [1.29, 1.82) is 0 Å². The van der Waals surface area contributed by atoms with E-state index in [9.17, 15) is 5.11 Å². The van der Waals surface area contributed by atoms with Gasteiger partial charge in [-0.05, 0) is 36.1 Å². The quantitative estimate of drug-likeness (QED) is 0.921. The predicted octanol–water partition coefficient (Wildman–Crippen LogP) is 3.17. The van der Waals surface area contributed by atoms with Gasteiger partial charge < -0.3 is 5.11 Å². The van der Waals surface area contributed by atoms with Crippen LogP contribution < -0.4 is 0 Å². The van der Waals surface area contributed by atoms with Crippen LogP contribution in [0, 0.1) is 12.8 Å². The Morgan fingerprint density at radius 1 is 1.35 bits per heavy atom. The number of hydrogen-bond acceptors (Lipinski definition) is 3. The molecule has 1 unspecified atom stereocenters. The van der Waals surface area contributed by atoms with Crippen molar-refractivity contribution in [2.75, 3.05) is 0 Å². The number of rotatable bonds is 5. The first-order valence-corrected chi connectivity index (χ1v) is 7.16. The van der Waals surface area contributed by atoms with Crippen LogP contribution in [0.15, 0.2) is 24.5 Å². The molecule has 0 aliphatic rings. The fourth-order valence-electron chi connectivity index (χ4n) is 2.20. The molecule has 1 N–H and O–H groups in total. The number of aromatic nitrogens is 3. The molecule has 5 heteroatoms. The van der Waals surface area contributed by atoms with E-state index in [1.807, 2.05) is 29.8 Å². The molecule has 1 atom stereocenters. The van der Waals surface area contributed by atoms with Crippen LogP contribution in [0.2, 0.25) is 5.02 Å². The molecule has 0 saturated heterocycles. The molecule has 1 aromatic heterocycles. The number of aliphatic hydroxyl groups is 1. The molecule has 1 aromatic carbocycles. The zero-order valence-corrected chi connectivity index (χ0v) is 12.8. The summed E-state index contributed by atoms with van der Waals surface area (Å²) < 4.78 is 1.85. The van der Waals surface area contributed by atoms with Gasteiger partial charge in [0.1, 0.15) is 12.2 Å². The van der Waals surface area contributed by atoms with Gasteiger partial charge in [0.25, 0.3) is 0 Å². The lowest BCUT2D eigenvalue weighted by atomic mass is 10.0. The van der Waals surface area contributed by atoms with Gasteiger partial charge in [-0.1, -0.05) is 31.5 Å². The van der Waals surface area contributed by atoms with Crippen molar-refractivity contribution in [2.45, 2.75) is 39.8 Å². The second kappa shape index (κ2) is 6.37. The second-order valence-electron chi connectivity index (χ2n) is 5.47. The zero-order chi connectivity index (χ0) is 14.7. The molecular formula is C15H20ClN3O. The van der Waals surface area contributed by atoms with Crippen LogP contribution in [-0.2, 0) is 13.0 Å². The normalized spacial score (nSPS) is 12.9. The molecule has 2 rings (SSSR count). The number of halogens is 1. The van der Waals surface area contributed by atoms with E-state index in [1.54, 1.807) is 0 Å². The summed E-state index contributed by atoms with van der Waals surface area (Å²) in [6.45, 7) is 7.02. The molecule has 1 heterocycles. The summed E-state index contributed by atoms with van der Waals surface area (Å²) in [6.07, 6.45) is 1.35. The first kappa shape index (κ1) is 15.0. The summed E-state index contributed by atoms with van der Waals surface area (Å²) in [6, 6.07) is 5.55. The van der Waals surface area contributed by atoms with Gasteiger partial charge in [0.15, 0.2) is 0 Å². The molecular weight excluding hydrogens is 274 g/mol. The molecule has 0 aliphatic heterocycles. The highest BCUT2D eigenvalue weighted by Crippen LogP contribution is 2.24. The minimum absolute atomic E-state index is 0.438. The van der Waals surface area contributed by atoms with Crippen molar-refractivity contribution in [3.8, 4) is 0 Å². The van der Waals surface area contributed by atoms with Crippen LogP contribution in [0.25, 0.3) is 0 Å². The number of nitrogens with zero attached hydrogens (tertiary/aromatic N) is 3. The summed E-state index contributed by atoms with van der Waals surface area (Å²) in [5.74, 6) is 1.28. The van der Waals surface area contributed by atoms with E-state index >= 15 is 0 Å². The van der Waals surface area contributed by atoms with E-state index in [0.717, 1.165) is 23.5 Å². The van der Waals surface area contributed by atoms with Crippen molar-refractivity contribution in [1.82, 2.24) is 14.8 Å². The average Bonchev–Trinajstić information content (AvgIpc) is 2.78. The summed E-state index contributed by atoms with van der Waals surface area (Å²) >= 11 is 6.00. The third kappa shape index (κ3) is 3.58. The fourth-order valence-corrected chi connectivity index (χ4v) is 2.38. The fraction of sp³-hybridized carbons (Fsp3) is 0.467. The number of benzene rings is 1. The lowest BCUT2D eigenvalue weighted by Crippen LogP contribution is -2.14. The maximum absolute atomic E-state index is 10.4. The number of aryl methyl sites for hydroxylation is 1. The van der Waals surface area contributed by atoms with E-state index < -0.39 is 6.10 Å². The highest BCUT2D eigenvalue weighted by Gasteiger charge is 2.16. The zero-order valence-electron chi connectivity index (χ0n) is 12.0. The van der Waals surface area contributed by atoms with Crippen molar-refractivity contribution in [2.24, 2.45) is 5.92 Å². The minimum atomic E-state index is -0.621. The van der Waals surface area contributed by atoms with Gasteiger partial charge >= 0.3 is 0 Å². The Balaban J connectivity index is 2.17. The number of aliphatic hydroxyl groups excluding tert-OH is 1. The van der Waals surface area contributed by atoms with Gasteiger partial charge in [0, 0.05) is 18.0 Å². The Morgan fingerprint density at radius 2 is 2.10 bits per heavy atom. The number of hydrogen-bond donors (Lipinski definition) is 1. The van der Waals surface area contributed by atoms with Crippen LogP contribution >= 0.6 is 11.6 Å². The van der Waals surface area contributed by atoms with Crippen LogP contribution in [0.5, 0.6) is 0 Å². The molecule has 108 valence electrons. The topological polar surface area (TPSA) is 50.9 Å². The molecule has 0 aliphatic carbocycles. The van der Waals surface area contributed by atoms with E-state index in [4.69, 9.17) is 11.6 Å². The largest absolute Gasteiger partial charge is 0.388 e. The maximum Gasteiger partial charge on any atom is 0.138 e. The summed E-state index contributed by atoms with van der Waals surface area (Å²) in [4.78, 5) is 4.25. The maximum atomic E-state index is 10.4. The monoisotopic (exact) mass is 293 g/mol. The molecule has 0 bridgehead atoms. The van der Waals surface area contributed by atoms with Crippen LogP contribution in [0.4, 0.5) is 0 Å². The van der Waals surface area contributed by atoms with Crippen LogP contribution in [0.1, 0.15) is 36.9 Å². The average molecular weight is 294 g/mol. The Hall–Kier alpha value is -1.39. The van der Waals surface area contributed by atoms with Gasteiger partial charge in [0.05, 0.1) is 6.10 Å². The van der Waals surface area contributed by atoms with Crippen molar-refractivity contribution >= 4 is 11.6 Å². The van der Waals surface area contributed by atoms with Crippen LogP contribution in [-0.4, -0.2) is 19.9 Å². The molecule has 0 saturated carbocycles. The third-order valence-electron chi connectivity index (χ3n) is 3.21. The van der Waals surface area contributed by atoms with E-state index in [0.29, 0.717) is 17.4 Å². The van der Waals surface area contributed by atoms with Crippen molar-refractivity contribution in [3.05, 3.63) is 46.5 Å². The summed E-state index contributed by atoms with van der Waals surface area (Å²) in [5, 5.41) is 15.3. The summed E-state index contributed by atoms with van der Waals surface area (Å²) in [5.41, 5.74) is 1.87. The standard InChI is InChI=1S/C15H20ClN3O/c1-10(2)8-19-15(17-9-18-19)7-14(20)13-6-12(16)5-4-11(13)3/h4-6,9-10,14,20H,7-8H2,1-3H3. The van der Waals surface area contributed by atoms with Gasteiger partial charge in [-0.15, -0.1) is 0 Å². The molecule has 0 spiro atoms. The highest BCUT2D eigenvalue weighted by atomic mass is 35.5. The van der Waals surface area contributed by atoms with Crippen molar-refractivity contribution < 1.29 is 5.11 Å². The molecule has 0 fully saturated rings. The molecule has 4 nitrogen and oxygen atoms in total. The van der Waals surface area contributed by atoms with E-state index in [2.05, 4.69) is 23.9 Å². The lowest BCUT2D eigenvalue weighted by Gasteiger charge is -2.15. The molecule has 0 amide bonds. The summed E-state index contributed by atoms with van der Waals surface area (Å²) in [7, 11) is 0. The Labute approximate surface area is 124 Å². The molecule has 20 heavy (non-hydrogen) atoms. The Kier molecular flexibility index (Phi) is 4.78. The predicted molar refractivity (Wildman–Crippen MR) is 79.7 cm³/mol. The SMILES string of the molecule is Cc1ccc(Cl)cc1C(O)Cc1ncnn1CC(C)C. The Bertz CT molecular complexity index is 580. The smallest absolute Gasteiger partial charge is 0.138 e. The highest BCUT2D eigenvalue weighted by molar-refractivity contribution is 6.30. The first-order chi connectivity index (χ1) is 9.47. The first-order valence-electron chi connectivity index (χ1n) is 6.78. The van der Waals surface area contributed by atoms with Gasteiger partial charge in [0.2, 0.25) is 0 Å². The van der Waals surface area contributed by atoms with E-state index in [-0.39, 0.29) is 0 Å². The second-order valence-corrected chi connectivity index (χ2v) is 5.91. The minimum Gasteiger partial charge on any atom is -0.388 e. The van der Waals surface area contributed by atoms with Gasteiger partial charge in [-0.2, -0.15) is 5.10 Å². The van der Waals surface area contributed by atoms with Crippen LogP contribution in [0.3, 0.4) is 0 Å². The molecule has 0 radical (unpaired) electrons. The Morgan fingerprint density at radius 3 is 2.80 bits per heavy atom. The van der Waals surface area contributed by atoms with E-state index in [1.165, 1.54) is 6.33 Å². The van der Waals surface area contributed by atoms with Gasteiger partial charge in [-0.25, -0.2) is 9.67 Å². The third-order valence-corrected chi connectivity index (χ3v) is 3.45.